The fourth-order valence-corrected chi connectivity index (χ4v) is 4.49. The zero-order chi connectivity index (χ0) is 21.7. The third-order valence-corrected chi connectivity index (χ3v) is 6.51. The molecule has 1 fully saturated rings. The van der Waals surface area contributed by atoms with Crippen molar-refractivity contribution in [2.75, 3.05) is 5.32 Å². The molecule has 0 unspecified atom stereocenters. The van der Waals surface area contributed by atoms with Crippen molar-refractivity contribution in [1.29, 1.82) is 0 Å². The number of nitrogens with one attached hydrogen (secondary N) is 1. The summed E-state index contributed by atoms with van der Waals surface area (Å²) in [4.78, 5) is 12.0. The summed E-state index contributed by atoms with van der Waals surface area (Å²) in [6.45, 7) is 1.54. The predicted molar refractivity (Wildman–Crippen MR) is 111 cm³/mol. The lowest BCUT2D eigenvalue weighted by Crippen LogP contribution is -2.36. The van der Waals surface area contributed by atoms with E-state index in [0.717, 1.165) is 6.42 Å². The molecule has 0 radical (unpaired) electrons. The molecule has 4 rings (SSSR count). The quantitative estimate of drug-likeness (QED) is 0.571. The number of sulfonamides is 1. The Labute approximate surface area is 173 Å². The van der Waals surface area contributed by atoms with Crippen molar-refractivity contribution in [2.45, 2.75) is 42.8 Å². The predicted octanol–water partition coefficient (Wildman–Crippen LogP) is 2.44. The van der Waals surface area contributed by atoms with E-state index in [-0.39, 0.29) is 10.5 Å². The highest BCUT2D eigenvalue weighted by atomic mass is 32.2. The number of hydrogen-bond acceptors (Lipinski definition) is 5. The summed E-state index contributed by atoms with van der Waals surface area (Å²) < 4.78 is 39.8. The molecule has 5 N–H and O–H groups in total. The average Bonchev–Trinajstić information content (AvgIpc) is 3.24. The van der Waals surface area contributed by atoms with Crippen molar-refractivity contribution >= 4 is 27.1 Å². The number of carbonyl (C=O) groups excluding carboxylic acids is 1. The monoisotopic (exact) mass is 431 g/mol. The average molecular weight is 431 g/mol. The Morgan fingerprint density at radius 3 is 2.73 bits per heavy atom. The van der Waals surface area contributed by atoms with Gasteiger partial charge < -0.3 is 11.1 Å². The Bertz CT molecular complexity index is 1250. The van der Waals surface area contributed by atoms with Gasteiger partial charge in [-0.1, -0.05) is 12.1 Å². The summed E-state index contributed by atoms with van der Waals surface area (Å²) >= 11 is 0. The summed E-state index contributed by atoms with van der Waals surface area (Å²) in [5.41, 5.74) is 6.49. The van der Waals surface area contributed by atoms with Crippen LogP contribution in [0.4, 0.5) is 10.1 Å². The number of benzene rings is 1. The highest BCUT2D eigenvalue weighted by Gasteiger charge is 2.39. The molecule has 2 heterocycles. The minimum atomic E-state index is -3.86. The van der Waals surface area contributed by atoms with Gasteiger partial charge in [0.25, 0.3) is 5.91 Å². The highest BCUT2D eigenvalue weighted by Crippen LogP contribution is 2.37. The molecular weight excluding hydrogens is 409 g/mol. The number of rotatable bonds is 5. The van der Waals surface area contributed by atoms with E-state index in [9.17, 15) is 17.6 Å². The summed E-state index contributed by atoms with van der Waals surface area (Å²) in [6, 6.07) is 7.47. The summed E-state index contributed by atoms with van der Waals surface area (Å²) in [6.07, 6.45) is 4.84. The van der Waals surface area contributed by atoms with E-state index in [1.807, 2.05) is 0 Å². The van der Waals surface area contributed by atoms with E-state index >= 15 is 0 Å². The number of hydrogen-bond donors (Lipinski definition) is 3. The Morgan fingerprint density at radius 2 is 2.10 bits per heavy atom. The van der Waals surface area contributed by atoms with Gasteiger partial charge in [-0.3, -0.25) is 4.79 Å². The second kappa shape index (κ2) is 7.06. The van der Waals surface area contributed by atoms with Gasteiger partial charge in [0.2, 0.25) is 10.0 Å². The van der Waals surface area contributed by atoms with Crippen LogP contribution in [0.3, 0.4) is 0 Å². The van der Waals surface area contributed by atoms with Crippen molar-refractivity contribution in [3.63, 3.8) is 0 Å². The maximum absolute atomic E-state index is 14.9. The molecule has 0 saturated heterocycles. The zero-order valence-corrected chi connectivity index (χ0v) is 17.1. The fraction of sp³-hybridized carbons (Fsp3) is 0.300. The lowest BCUT2D eigenvalue weighted by Gasteiger charge is -2.26. The van der Waals surface area contributed by atoms with Crippen LogP contribution in [-0.2, 0) is 10.0 Å². The van der Waals surface area contributed by atoms with Gasteiger partial charge in [0, 0.05) is 11.8 Å². The number of alkyl halides is 1. The van der Waals surface area contributed by atoms with Crippen LogP contribution < -0.4 is 16.2 Å². The van der Waals surface area contributed by atoms with Gasteiger partial charge >= 0.3 is 0 Å². The number of aromatic nitrogens is 2. The number of carbonyl (C=O) groups is 1. The van der Waals surface area contributed by atoms with E-state index in [1.165, 1.54) is 22.8 Å². The highest BCUT2D eigenvalue weighted by molar-refractivity contribution is 7.89. The number of primary amides is 1. The molecule has 8 nitrogen and oxygen atoms in total. The minimum absolute atomic E-state index is 0.0152. The molecule has 158 valence electrons. The van der Waals surface area contributed by atoms with Crippen molar-refractivity contribution in [2.24, 2.45) is 10.9 Å². The molecule has 2 aromatic heterocycles. The van der Waals surface area contributed by atoms with E-state index in [4.69, 9.17) is 10.9 Å². The fourth-order valence-electron chi connectivity index (χ4n) is 3.93. The van der Waals surface area contributed by atoms with Gasteiger partial charge in [-0.05, 0) is 49.9 Å². The van der Waals surface area contributed by atoms with Crippen LogP contribution in [-0.4, -0.2) is 35.6 Å². The number of halogens is 1. The lowest BCUT2D eigenvalue weighted by atomic mass is 10.0. The smallest absolute Gasteiger partial charge is 0.252 e. The van der Waals surface area contributed by atoms with E-state index in [0.29, 0.717) is 35.2 Å². The van der Waals surface area contributed by atoms with Crippen LogP contribution in [0.5, 0.6) is 0 Å². The number of fused-ring (bicyclic) bond motifs is 1. The molecule has 1 aliphatic rings. The number of nitrogens with zero attached hydrogens (tertiary/aromatic N) is 2. The summed E-state index contributed by atoms with van der Waals surface area (Å²) in [5, 5.41) is 12.6. The van der Waals surface area contributed by atoms with Gasteiger partial charge in [0.15, 0.2) is 0 Å². The first kappa shape index (κ1) is 20.3. The van der Waals surface area contributed by atoms with Crippen LogP contribution in [0.15, 0.2) is 47.6 Å². The first-order valence-corrected chi connectivity index (χ1v) is 11.0. The van der Waals surface area contributed by atoms with Gasteiger partial charge in [-0.15, -0.1) is 0 Å². The van der Waals surface area contributed by atoms with Crippen molar-refractivity contribution in [1.82, 2.24) is 9.61 Å². The minimum Gasteiger partial charge on any atom is -0.377 e. The standard InChI is InChI=1S/C20H22FN5O3S/c1-20(21)7-3-6-17(20)25-18-15(19(22)27)10-24-26-11-13(9-16(18)26)12-4-2-5-14(8-12)30(23,28)29/h2,4-5,8-11,17,25H,3,6-7H2,1H3,(H2,22,27)(H2,23,28,29)/t17-,20+/m1/s1. The lowest BCUT2D eigenvalue weighted by molar-refractivity contribution is 0.1000. The summed E-state index contributed by atoms with van der Waals surface area (Å²) in [5.74, 6) is -0.676. The first-order chi connectivity index (χ1) is 14.1. The Hall–Kier alpha value is -2.98. The van der Waals surface area contributed by atoms with Crippen LogP contribution in [0.25, 0.3) is 16.6 Å². The molecule has 1 aromatic carbocycles. The van der Waals surface area contributed by atoms with Crippen molar-refractivity contribution in [3.8, 4) is 11.1 Å². The second-order valence-electron chi connectivity index (χ2n) is 7.80. The number of nitrogens with two attached hydrogens (primary N) is 2. The zero-order valence-electron chi connectivity index (χ0n) is 16.3. The maximum Gasteiger partial charge on any atom is 0.252 e. The topological polar surface area (TPSA) is 133 Å². The van der Waals surface area contributed by atoms with Gasteiger partial charge in [-0.25, -0.2) is 22.5 Å². The SMILES string of the molecule is C[C@]1(F)CCC[C@H]1Nc1c(C(N)=O)cnn2cc(-c3cccc(S(N)(=O)=O)c3)cc12. The largest absolute Gasteiger partial charge is 0.377 e. The molecule has 0 aliphatic heterocycles. The van der Waals surface area contributed by atoms with Gasteiger partial charge in [0.1, 0.15) is 5.67 Å². The molecule has 1 saturated carbocycles. The molecule has 0 spiro atoms. The van der Waals surface area contributed by atoms with E-state index in [1.54, 1.807) is 31.3 Å². The maximum atomic E-state index is 14.9. The summed E-state index contributed by atoms with van der Waals surface area (Å²) in [7, 11) is -3.86. The van der Waals surface area contributed by atoms with Gasteiger partial charge in [-0.2, -0.15) is 5.10 Å². The van der Waals surface area contributed by atoms with Crippen molar-refractivity contribution < 1.29 is 17.6 Å². The number of amides is 1. The van der Waals surface area contributed by atoms with Gasteiger partial charge in [0.05, 0.1) is 33.9 Å². The molecule has 10 heteroatoms. The van der Waals surface area contributed by atoms with Crippen LogP contribution >= 0.6 is 0 Å². The number of primary sulfonamides is 1. The van der Waals surface area contributed by atoms with Crippen LogP contribution in [0, 0.1) is 0 Å². The molecule has 30 heavy (non-hydrogen) atoms. The van der Waals surface area contributed by atoms with Crippen LogP contribution in [0.2, 0.25) is 0 Å². The second-order valence-corrected chi connectivity index (χ2v) is 9.36. The number of anilines is 1. The molecule has 0 bridgehead atoms. The Balaban J connectivity index is 1.84. The Kier molecular flexibility index (Phi) is 4.78. The first-order valence-electron chi connectivity index (χ1n) is 9.46. The third kappa shape index (κ3) is 3.63. The third-order valence-electron chi connectivity index (χ3n) is 5.60. The molecule has 1 aliphatic carbocycles. The molecule has 1 amide bonds. The van der Waals surface area contributed by atoms with Crippen molar-refractivity contribution in [3.05, 3.63) is 48.3 Å². The van der Waals surface area contributed by atoms with E-state index < -0.39 is 27.6 Å². The molecule has 3 aromatic rings. The molecule has 2 atom stereocenters. The Morgan fingerprint density at radius 1 is 1.33 bits per heavy atom. The normalized spacial score (nSPS) is 21.8. The van der Waals surface area contributed by atoms with Crippen LogP contribution in [0.1, 0.15) is 36.5 Å². The molecular formula is C20H22FN5O3S. The van der Waals surface area contributed by atoms with E-state index in [2.05, 4.69) is 10.4 Å².